The minimum absolute atomic E-state index is 0.0350. The molecule has 1 heterocycles. The first-order valence-electron chi connectivity index (χ1n) is 7.52. The second-order valence-corrected chi connectivity index (χ2v) is 5.85. The second kappa shape index (κ2) is 8.50. The van der Waals surface area contributed by atoms with Crippen molar-refractivity contribution in [2.75, 3.05) is 26.2 Å². The molecule has 0 aromatic heterocycles. The molecule has 1 N–H and O–H groups in total. The van der Waals surface area contributed by atoms with Crippen molar-refractivity contribution in [1.29, 1.82) is 5.26 Å². The van der Waals surface area contributed by atoms with Crippen molar-refractivity contribution in [1.82, 2.24) is 10.2 Å². The Morgan fingerprint density at radius 3 is 2.50 bits per heavy atom. The van der Waals surface area contributed by atoms with E-state index in [0.717, 1.165) is 37.8 Å². The number of nitriles is 1. The molecule has 0 aromatic rings. The molecule has 1 aliphatic heterocycles. The van der Waals surface area contributed by atoms with Crippen molar-refractivity contribution in [2.24, 2.45) is 11.8 Å². The van der Waals surface area contributed by atoms with Crippen LogP contribution in [0.2, 0.25) is 0 Å². The van der Waals surface area contributed by atoms with Crippen molar-refractivity contribution in [3.8, 4) is 6.07 Å². The Hall–Kier alpha value is -0.590. The van der Waals surface area contributed by atoms with Crippen LogP contribution in [0.5, 0.6) is 0 Å². The number of likely N-dealkylation sites (tertiary alicyclic amines) is 1. The second-order valence-electron chi connectivity index (χ2n) is 5.85. The molecule has 1 atom stereocenters. The van der Waals surface area contributed by atoms with Crippen LogP contribution in [-0.4, -0.2) is 37.1 Å². The number of hydrogen-bond donors (Lipinski definition) is 1. The molecule has 3 heteroatoms. The van der Waals surface area contributed by atoms with E-state index in [2.05, 4.69) is 37.1 Å². The zero-order valence-electron chi connectivity index (χ0n) is 12.3. The number of rotatable bonds is 7. The summed E-state index contributed by atoms with van der Waals surface area (Å²) in [6.45, 7) is 11.3. The fraction of sp³-hybridized carbons (Fsp3) is 0.933. The van der Waals surface area contributed by atoms with Gasteiger partial charge in [-0.2, -0.15) is 5.26 Å². The van der Waals surface area contributed by atoms with Gasteiger partial charge in [0.25, 0.3) is 0 Å². The van der Waals surface area contributed by atoms with Gasteiger partial charge in [-0.05, 0) is 57.2 Å². The van der Waals surface area contributed by atoms with Gasteiger partial charge in [0.05, 0.1) is 12.1 Å². The van der Waals surface area contributed by atoms with Crippen LogP contribution in [0.3, 0.4) is 0 Å². The molecule has 0 saturated carbocycles. The van der Waals surface area contributed by atoms with Gasteiger partial charge >= 0.3 is 0 Å². The minimum Gasteiger partial charge on any atom is -0.303 e. The summed E-state index contributed by atoms with van der Waals surface area (Å²) in [6.07, 6.45) is 4.72. The molecule has 1 rings (SSSR count). The number of piperidine rings is 1. The average molecular weight is 251 g/mol. The third-order valence-electron chi connectivity index (χ3n) is 4.11. The Morgan fingerprint density at radius 2 is 2.00 bits per heavy atom. The molecule has 1 unspecified atom stereocenters. The smallest absolute Gasteiger partial charge is 0.0965 e. The molecule has 1 saturated heterocycles. The van der Waals surface area contributed by atoms with E-state index in [1.165, 1.54) is 25.9 Å². The van der Waals surface area contributed by atoms with Crippen LogP contribution in [0.4, 0.5) is 0 Å². The maximum absolute atomic E-state index is 9.07. The average Bonchev–Trinajstić information content (AvgIpc) is 2.39. The summed E-state index contributed by atoms with van der Waals surface area (Å²) in [7, 11) is 0. The van der Waals surface area contributed by atoms with Crippen LogP contribution < -0.4 is 5.32 Å². The molecule has 0 radical (unpaired) electrons. The van der Waals surface area contributed by atoms with Crippen LogP contribution in [-0.2, 0) is 0 Å². The molecule has 1 fully saturated rings. The first-order valence-corrected chi connectivity index (χ1v) is 7.52. The molecule has 3 nitrogen and oxygen atoms in total. The summed E-state index contributed by atoms with van der Waals surface area (Å²) in [5.41, 5.74) is 0. The topological polar surface area (TPSA) is 39.1 Å². The summed E-state index contributed by atoms with van der Waals surface area (Å²) >= 11 is 0. The zero-order chi connectivity index (χ0) is 13.4. The largest absolute Gasteiger partial charge is 0.303 e. The van der Waals surface area contributed by atoms with Crippen LogP contribution in [0.1, 0.15) is 46.5 Å². The Morgan fingerprint density at radius 1 is 1.33 bits per heavy atom. The molecule has 0 amide bonds. The van der Waals surface area contributed by atoms with Gasteiger partial charge < -0.3 is 10.2 Å². The van der Waals surface area contributed by atoms with Gasteiger partial charge in [-0.3, -0.25) is 0 Å². The summed E-state index contributed by atoms with van der Waals surface area (Å²) in [4.78, 5) is 2.52. The van der Waals surface area contributed by atoms with Gasteiger partial charge in [0.2, 0.25) is 0 Å². The highest BCUT2D eigenvalue weighted by Gasteiger charge is 2.21. The van der Waals surface area contributed by atoms with Crippen LogP contribution in [0, 0.1) is 23.2 Å². The zero-order valence-corrected chi connectivity index (χ0v) is 12.3. The summed E-state index contributed by atoms with van der Waals surface area (Å²) < 4.78 is 0. The summed E-state index contributed by atoms with van der Waals surface area (Å²) in [6, 6.07) is 2.40. The lowest BCUT2D eigenvalue weighted by atomic mass is 9.86. The normalized spacial score (nSPS) is 19.9. The van der Waals surface area contributed by atoms with Gasteiger partial charge in [0.15, 0.2) is 0 Å². The third kappa shape index (κ3) is 5.37. The van der Waals surface area contributed by atoms with Crippen molar-refractivity contribution in [3.05, 3.63) is 0 Å². The Labute approximate surface area is 113 Å². The van der Waals surface area contributed by atoms with Crippen LogP contribution in [0.25, 0.3) is 0 Å². The lowest BCUT2D eigenvalue weighted by Gasteiger charge is -2.34. The van der Waals surface area contributed by atoms with Crippen molar-refractivity contribution in [3.63, 3.8) is 0 Å². The predicted molar refractivity (Wildman–Crippen MR) is 76.3 cm³/mol. The standard InChI is InChI=1S/C15H29N3/c1-4-8-17-15(12-16)7-11-18-9-5-14(6-10-18)13(2)3/h13-15,17H,4-11H2,1-3H3. The minimum atomic E-state index is 0.0350. The molecule has 1 aliphatic rings. The maximum Gasteiger partial charge on any atom is 0.0965 e. The first-order chi connectivity index (χ1) is 8.67. The fourth-order valence-corrected chi connectivity index (χ4v) is 2.69. The summed E-state index contributed by atoms with van der Waals surface area (Å²) in [5.74, 6) is 1.73. The van der Waals surface area contributed by atoms with Crippen molar-refractivity contribution in [2.45, 2.75) is 52.5 Å². The van der Waals surface area contributed by atoms with E-state index in [-0.39, 0.29) is 6.04 Å². The number of nitrogens with one attached hydrogen (secondary N) is 1. The van der Waals surface area contributed by atoms with Gasteiger partial charge in [-0.15, -0.1) is 0 Å². The molecule has 0 spiro atoms. The first kappa shape index (κ1) is 15.5. The SMILES string of the molecule is CCCNC(C#N)CCN1CCC(C(C)C)CC1. The number of nitrogens with zero attached hydrogens (tertiary/aromatic N) is 2. The van der Waals surface area contributed by atoms with E-state index in [1.807, 2.05) is 0 Å². The Kier molecular flexibility index (Phi) is 7.31. The molecular weight excluding hydrogens is 222 g/mol. The fourth-order valence-electron chi connectivity index (χ4n) is 2.69. The molecule has 18 heavy (non-hydrogen) atoms. The monoisotopic (exact) mass is 251 g/mol. The van der Waals surface area contributed by atoms with E-state index in [4.69, 9.17) is 5.26 Å². The Balaban J connectivity index is 2.18. The highest BCUT2D eigenvalue weighted by atomic mass is 15.1. The van der Waals surface area contributed by atoms with Crippen molar-refractivity contribution < 1.29 is 0 Å². The molecule has 0 aromatic carbocycles. The third-order valence-corrected chi connectivity index (χ3v) is 4.11. The van der Waals surface area contributed by atoms with Crippen LogP contribution in [0.15, 0.2) is 0 Å². The van der Waals surface area contributed by atoms with Gasteiger partial charge in [0.1, 0.15) is 0 Å². The van der Waals surface area contributed by atoms with Gasteiger partial charge in [-0.1, -0.05) is 20.8 Å². The van der Waals surface area contributed by atoms with E-state index in [9.17, 15) is 0 Å². The quantitative estimate of drug-likeness (QED) is 0.756. The van der Waals surface area contributed by atoms with E-state index >= 15 is 0 Å². The van der Waals surface area contributed by atoms with E-state index < -0.39 is 0 Å². The molecule has 0 aliphatic carbocycles. The van der Waals surface area contributed by atoms with E-state index in [0.29, 0.717) is 0 Å². The van der Waals surface area contributed by atoms with Gasteiger partial charge in [-0.25, -0.2) is 0 Å². The molecule has 104 valence electrons. The summed E-state index contributed by atoms with van der Waals surface area (Å²) in [5, 5.41) is 12.4. The van der Waals surface area contributed by atoms with Crippen molar-refractivity contribution >= 4 is 0 Å². The van der Waals surface area contributed by atoms with Crippen LogP contribution >= 0.6 is 0 Å². The van der Waals surface area contributed by atoms with E-state index in [1.54, 1.807) is 0 Å². The number of hydrogen-bond acceptors (Lipinski definition) is 3. The van der Waals surface area contributed by atoms with Gasteiger partial charge in [0, 0.05) is 6.54 Å². The highest BCUT2D eigenvalue weighted by molar-refractivity contribution is 4.90. The lowest BCUT2D eigenvalue weighted by molar-refractivity contribution is 0.154. The lowest BCUT2D eigenvalue weighted by Crippen LogP contribution is -2.39. The maximum atomic E-state index is 9.07. The molecule has 0 bridgehead atoms. The predicted octanol–water partition coefficient (Wildman–Crippen LogP) is 2.64. The molecular formula is C15H29N3. The Bertz CT molecular complexity index is 249. The highest BCUT2D eigenvalue weighted by Crippen LogP contribution is 2.24.